The summed E-state index contributed by atoms with van der Waals surface area (Å²) in [6, 6.07) is 9.80. The van der Waals surface area contributed by atoms with Crippen LogP contribution in [0.1, 0.15) is 29.6 Å². The van der Waals surface area contributed by atoms with Crippen LogP contribution < -0.4 is 15.5 Å². The third-order valence-corrected chi connectivity index (χ3v) is 6.81. The largest absolute Gasteiger partial charge is 0.371 e. The Morgan fingerprint density at radius 1 is 1.13 bits per heavy atom. The Morgan fingerprint density at radius 2 is 1.83 bits per heavy atom. The molecular formula is C22H26FN5O2. The summed E-state index contributed by atoms with van der Waals surface area (Å²) in [7, 11) is 0. The van der Waals surface area contributed by atoms with Crippen molar-refractivity contribution < 1.29 is 14.0 Å². The molecule has 8 heteroatoms. The Kier molecular flexibility index (Phi) is 4.86. The molecule has 7 nitrogen and oxygen atoms in total. The SMILES string of the molecule is N#CC1CC(F)CN1C(=O)CNC1C2CN(c3ccc(C(=O)NC4CC4)cc3)CC21. The minimum atomic E-state index is -1.10. The fraction of sp³-hybridized carbons (Fsp3) is 0.591. The molecule has 2 saturated carbocycles. The van der Waals surface area contributed by atoms with Crippen molar-refractivity contribution >= 4 is 17.5 Å². The van der Waals surface area contributed by atoms with Gasteiger partial charge in [-0.05, 0) is 48.9 Å². The first-order valence-corrected chi connectivity index (χ1v) is 10.8. The van der Waals surface area contributed by atoms with Crippen molar-refractivity contribution in [2.75, 3.05) is 31.1 Å². The Hall–Kier alpha value is -2.66. The second-order valence-corrected chi connectivity index (χ2v) is 8.96. The highest BCUT2D eigenvalue weighted by Gasteiger charge is 2.55. The van der Waals surface area contributed by atoms with E-state index in [4.69, 9.17) is 5.26 Å². The van der Waals surface area contributed by atoms with E-state index in [1.807, 2.05) is 30.3 Å². The van der Waals surface area contributed by atoms with E-state index in [9.17, 15) is 14.0 Å². The molecule has 2 heterocycles. The third-order valence-electron chi connectivity index (χ3n) is 6.81. The number of alkyl halides is 1. The molecule has 4 aliphatic rings. The number of hydrogen-bond acceptors (Lipinski definition) is 5. The second-order valence-electron chi connectivity index (χ2n) is 8.96. The number of hydrogen-bond donors (Lipinski definition) is 2. The molecule has 4 unspecified atom stereocenters. The zero-order chi connectivity index (χ0) is 20.8. The summed E-state index contributed by atoms with van der Waals surface area (Å²) in [5.41, 5.74) is 1.81. The zero-order valence-electron chi connectivity index (χ0n) is 16.8. The first kappa shape index (κ1) is 19.3. The first-order chi connectivity index (χ1) is 14.5. The molecule has 0 aromatic heterocycles. The number of carbonyl (C=O) groups is 2. The smallest absolute Gasteiger partial charge is 0.251 e. The van der Waals surface area contributed by atoms with Gasteiger partial charge in [-0.25, -0.2) is 4.39 Å². The van der Waals surface area contributed by atoms with Gasteiger partial charge in [0.1, 0.15) is 12.2 Å². The highest BCUT2D eigenvalue weighted by molar-refractivity contribution is 5.94. The molecule has 2 N–H and O–H groups in total. The highest BCUT2D eigenvalue weighted by atomic mass is 19.1. The number of piperidine rings is 1. The number of benzene rings is 1. The minimum Gasteiger partial charge on any atom is -0.371 e. The van der Waals surface area contributed by atoms with Gasteiger partial charge in [0, 0.05) is 42.8 Å². The molecular weight excluding hydrogens is 385 g/mol. The van der Waals surface area contributed by atoms with Crippen molar-refractivity contribution in [2.45, 2.75) is 43.6 Å². The predicted octanol–water partition coefficient (Wildman–Crippen LogP) is 1.07. The summed E-state index contributed by atoms with van der Waals surface area (Å²) in [5.74, 6) is 0.798. The summed E-state index contributed by atoms with van der Waals surface area (Å²) in [5, 5.41) is 15.4. The lowest BCUT2D eigenvalue weighted by molar-refractivity contribution is -0.130. The number of rotatable bonds is 6. The van der Waals surface area contributed by atoms with Crippen molar-refractivity contribution in [1.82, 2.24) is 15.5 Å². The third kappa shape index (κ3) is 3.74. The van der Waals surface area contributed by atoms with Crippen LogP contribution in [0.3, 0.4) is 0 Å². The van der Waals surface area contributed by atoms with E-state index in [1.54, 1.807) is 0 Å². The maximum Gasteiger partial charge on any atom is 0.251 e. The van der Waals surface area contributed by atoms with Gasteiger partial charge >= 0.3 is 0 Å². The maximum atomic E-state index is 13.5. The van der Waals surface area contributed by atoms with Crippen LogP contribution in [0, 0.1) is 23.2 Å². The van der Waals surface area contributed by atoms with Gasteiger partial charge in [0.15, 0.2) is 0 Å². The number of fused-ring (bicyclic) bond motifs is 1. The van der Waals surface area contributed by atoms with Gasteiger partial charge in [0.05, 0.1) is 19.2 Å². The summed E-state index contributed by atoms with van der Waals surface area (Å²) in [4.78, 5) is 28.1. The number of carbonyl (C=O) groups excluding carboxylic acids is 2. The normalized spacial score (nSPS) is 31.9. The molecule has 4 atom stereocenters. The predicted molar refractivity (Wildman–Crippen MR) is 109 cm³/mol. The second kappa shape index (κ2) is 7.55. The number of amides is 2. The van der Waals surface area contributed by atoms with E-state index < -0.39 is 12.2 Å². The highest BCUT2D eigenvalue weighted by Crippen LogP contribution is 2.46. The van der Waals surface area contributed by atoms with Crippen molar-refractivity contribution in [3.63, 3.8) is 0 Å². The van der Waals surface area contributed by atoms with E-state index in [1.165, 1.54) is 4.90 Å². The topological polar surface area (TPSA) is 88.5 Å². The minimum absolute atomic E-state index is 0.00188. The molecule has 5 rings (SSSR count). The molecule has 30 heavy (non-hydrogen) atoms. The molecule has 2 aliphatic carbocycles. The molecule has 1 aromatic rings. The maximum absolute atomic E-state index is 13.5. The standard InChI is InChI=1S/C22H26FN5O2/c23-14-7-17(8-24)28(10-14)20(29)9-25-21-18-11-27(12-19(18)21)16-5-1-13(2-6-16)22(30)26-15-3-4-15/h1-2,5-6,14-15,17-19,21,25H,3-4,7,9-12H2,(H,26,30). The molecule has 2 saturated heterocycles. The van der Waals surface area contributed by atoms with Crippen LogP contribution in [-0.4, -0.2) is 67.2 Å². The van der Waals surface area contributed by atoms with E-state index in [-0.39, 0.29) is 31.3 Å². The molecule has 2 amide bonds. The zero-order valence-corrected chi connectivity index (χ0v) is 16.8. The van der Waals surface area contributed by atoms with Crippen LogP contribution in [0.25, 0.3) is 0 Å². The average molecular weight is 411 g/mol. The van der Waals surface area contributed by atoms with Gasteiger partial charge in [-0.2, -0.15) is 5.26 Å². The fourth-order valence-electron chi connectivity index (χ4n) is 4.85. The Bertz CT molecular complexity index is 869. The summed E-state index contributed by atoms with van der Waals surface area (Å²) in [6.45, 7) is 2.02. The van der Waals surface area contributed by atoms with E-state index in [0.717, 1.165) is 31.6 Å². The molecule has 4 fully saturated rings. The van der Waals surface area contributed by atoms with Crippen LogP contribution in [0.2, 0.25) is 0 Å². The van der Waals surface area contributed by atoms with Gasteiger partial charge < -0.3 is 20.4 Å². The molecule has 2 aliphatic heterocycles. The van der Waals surface area contributed by atoms with Gasteiger partial charge in [-0.3, -0.25) is 9.59 Å². The van der Waals surface area contributed by atoms with Crippen LogP contribution in [0.4, 0.5) is 10.1 Å². The lowest BCUT2D eigenvalue weighted by Gasteiger charge is -2.23. The van der Waals surface area contributed by atoms with Crippen molar-refractivity contribution in [1.29, 1.82) is 5.26 Å². The lowest BCUT2D eigenvalue weighted by Crippen LogP contribution is -2.42. The van der Waals surface area contributed by atoms with Crippen LogP contribution in [0.5, 0.6) is 0 Å². The van der Waals surface area contributed by atoms with Crippen LogP contribution >= 0.6 is 0 Å². The van der Waals surface area contributed by atoms with Crippen molar-refractivity contribution in [3.05, 3.63) is 29.8 Å². The monoisotopic (exact) mass is 411 g/mol. The number of halogens is 1. The van der Waals surface area contributed by atoms with E-state index in [0.29, 0.717) is 29.5 Å². The molecule has 0 bridgehead atoms. The van der Waals surface area contributed by atoms with Crippen LogP contribution in [0.15, 0.2) is 24.3 Å². The summed E-state index contributed by atoms with van der Waals surface area (Å²) < 4.78 is 13.5. The molecule has 1 aromatic carbocycles. The summed E-state index contributed by atoms with van der Waals surface area (Å²) >= 11 is 0. The molecule has 0 radical (unpaired) electrons. The number of nitrogens with zero attached hydrogens (tertiary/aromatic N) is 3. The van der Waals surface area contributed by atoms with Gasteiger partial charge in [-0.15, -0.1) is 0 Å². The van der Waals surface area contributed by atoms with Crippen LogP contribution in [-0.2, 0) is 4.79 Å². The average Bonchev–Trinajstić information content (AvgIpc) is 3.59. The van der Waals surface area contributed by atoms with Gasteiger partial charge in [0.25, 0.3) is 5.91 Å². The van der Waals surface area contributed by atoms with E-state index >= 15 is 0 Å². The molecule has 0 spiro atoms. The van der Waals surface area contributed by atoms with Gasteiger partial charge in [0.2, 0.25) is 5.91 Å². The summed E-state index contributed by atoms with van der Waals surface area (Å²) in [6.07, 6.45) is 1.18. The Balaban J connectivity index is 1.08. The number of anilines is 1. The van der Waals surface area contributed by atoms with E-state index in [2.05, 4.69) is 15.5 Å². The first-order valence-electron chi connectivity index (χ1n) is 10.8. The number of nitriles is 1. The molecule has 158 valence electrons. The Morgan fingerprint density at radius 3 is 2.47 bits per heavy atom. The number of likely N-dealkylation sites (tertiary alicyclic amines) is 1. The fourth-order valence-corrected chi connectivity index (χ4v) is 4.85. The van der Waals surface area contributed by atoms with Crippen molar-refractivity contribution in [2.24, 2.45) is 11.8 Å². The quantitative estimate of drug-likeness (QED) is 0.731. The van der Waals surface area contributed by atoms with Gasteiger partial charge in [-0.1, -0.05) is 0 Å². The number of nitrogens with one attached hydrogen (secondary N) is 2. The Labute approximate surface area is 175 Å². The lowest BCUT2D eigenvalue weighted by atomic mass is 10.1. The van der Waals surface area contributed by atoms with Crippen molar-refractivity contribution in [3.8, 4) is 6.07 Å².